The molecule has 7 aromatic rings. The van der Waals surface area contributed by atoms with Crippen molar-refractivity contribution >= 4 is 27.6 Å². The van der Waals surface area contributed by atoms with Crippen molar-refractivity contribution < 1.29 is 4.79 Å². The van der Waals surface area contributed by atoms with Gasteiger partial charge in [0.15, 0.2) is 5.78 Å². The molecule has 2 nitrogen and oxygen atoms in total. The Kier molecular flexibility index (Phi) is 6.13. The first-order valence-corrected chi connectivity index (χ1v) is 21.7. The Hall–Kier alpha value is -5.21. The van der Waals surface area contributed by atoms with Crippen LogP contribution in [0.5, 0.6) is 0 Å². The average molecular weight is 740 g/mol. The molecule has 0 aliphatic heterocycles. The molecular weight excluding hydrogens is 691 g/mol. The number of nitrogens with zero attached hydrogens (tertiary/aromatic N) is 1. The molecule has 0 radical (unpaired) electrons. The van der Waals surface area contributed by atoms with Gasteiger partial charge in [0.05, 0.1) is 11.0 Å². The lowest BCUT2D eigenvalue weighted by molar-refractivity contribution is -0.0232. The smallest absolute Gasteiger partial charge is 0.193 e. The van der Waals surface area contributed by atoms with E-state index in [1.165, 1.54) is 104 Å². The normalized spacial score (nSPS) is 27.6. The molecule has 1 heterocycles. The molecule has 0 amide bonds. The van der Waals surface area contributed by atoms with Gasteiger partial charge in [0.1, 0.15) is 0 Å². The van der Waals surface area contributed by atoms with Crippen LogP contribution in [0.1, 0.15) is 109 Å². The third kappa shape index (κ3) is 3.96. The Morgan fingerprint density at radius 3 is 2.16 bits per heavy atom. The van der Waals surface area contributed by atoms with E-state index in [0.717, 1.165) is 51.8 Å². The summed E-state index contributed by atoms with van der Waals surface area (Å²) in [6.45, 7) is 11.7. The van der Waals surface area contributed by atoms with E-state index in [9.17, 15) is 4.79 Å². The van der Waals surface area contributed by atoms with Gasteiger partial charge in [-0.25, -0.2) is 0 Å². The quantitative estimate of drug-likeness (QED) is 0.177. The van der Waals surface area contributed by atoms with Gasteiger partial charge in [-0.3, -0.25) is 4.79 Å². The van der Waals surface area contributed by atoms with E-state index in [-0.39, 0.29) is 16.6 Å². The molecule has 0 N–H and O–H groups in total. The topological polar surface area (TPSA) is 22.0 Å². The Morgan fingerprint density at radius 1 is 0.579 bits per heavy atom. The predicted molar refractivity (Wildman–Crippen MR) is 233 cm³/mol. The zero-order valence-electron chi connectivity index (χ0n) is 33.7. The standard InChI is InChI=1S/C55H49NO/c1-30-9-8-11-40-41-22-21-39-38-10-6-7-12-45(38)54(4,5)49(39)51(41)56(50(30)40)37-17-13-32(14-18-37)33-15-19-42-46(26-33)53(2,3)47-27-36(16-20-43(47)52(42)57)55-28-31-23-34-25-35(29-55)48(55)44(34)24-31/h6-22,26-27,31,34-35,44,48H,23-25,28-29H2,1-5H3. The van der Waals surface area contributed by atoms with Crippen molar-refractivity contribution in [2.75, 3.05) is 0 Å². The molecule has 2 bridgehead atoms. The molecule has 6 aliphatic rings. The molecule has 13 rings (SSSR count). The van der Waals surface area contributed by atoms with Gasteiger partial charge in [0.2, 0.25) is 0 Å². The third-order valence-corrected chi connectivity index (χ3v) is 16.9. The van der Waals surface area contributed by atoms with Crippen molar-refractivity contribution in [1.29, 1.82) is 0 Å². The van der Waals surface area contributed by atoms with Crippen LogP contribution in [0.25, 0.3) is 49.7 Å². The van der Waals surface area contributed by atoms with E-state index in [1.807, 2.05) is 0 Å². The summed E-state index contributed by atoms with van der Waals surface area (Å²) in [5.74, 6) is 4.83. The maximum absolute atomic E-state index is 14.3. The van der Waals surface area contributed by atoms with Gasteiger partial charge in [-0.15, -0.1) is 0 Å². The highest BCUT2D eigenvalue weighted by Gasteiger charge is 2.68. The molecule has 6 unspecified atom stereocenters. The van der Waals surface area contributed by atoms with Crippen molar-refractivity contribution in [3.63, 3.8) is 0 Å². The fraction of sp³-hybridized carbons (Fsp3) is 0.327. The molecule has 57 heavy (non-hydrogen) atoms. The van der Waals surface area contributed by atoms with E-state index in [1.54, 1.807) is 0 Å². The lowest BCUT2D eigenvalue weighted by Crippen LogP contribution is -2.54. The predicted octanol–water partition coefficient (Wildman–Crippen LogP) is 13.3. The second-order valence-corrected chi connectivity index (χ2v) is 20.2. The Labute approximate surface area is 336 Å². The van der Waals surface area contributed by atoms with Gasteiger partial charge in [-0.1, -0.05) is 125 Å². The first-order valence-electron chi connectivity index (χ1n) is 21.7. The SMILES string of the molecule is Cc1cccc2c3ccc4c(c3n(-c3ccc(-c5ccc6c(c5)C(C)(C)c5cc(C78CC9CC%10CC(C7)C8C%10C9)ccc5C6=O)cc3)c12)C(C)(C)c1ccccc1-4. The van der Waals surface area contributed by atoms with Gasteiger partial charge in [-0.05, 0) is 148 Å². The second-order valence-electron chi connectivity index (χ2n) is 20.2. The van der Waals surface area contributed by atoms with Gasteiger partial charge >= 0.3 is 0 Å². The Balaban J connectivity index is 0.911. The number of rotatable bonds is 3. The van der Waals surface area contributed by atoms with Crippen molar-refractivity contribution in [2.45, 2.75) is 83.0 Å². The molecule has 6 atom stereocenters. The van der Waals surface area contributed by atoms with Crippen LogP contribution in [-0.2, 0) is 16.2 Å². The molecule has 0 saturated heterocycles. The van der Waals surface area contributed by atoms with Crippen LogP contribution in [0.15, 0.2) is 115 Å². The molecule has 6 aromatic carbocycles. The highest BCUT2D eigenvalue weighted by atomic mass is 16.1. The highest BCUT2D eigenvalue weighted by Crippen LogP contribution is 2.74. The van der Waals surface area contributed by atoms with Crippen LogP contribution in [0.4, 0.5) is 0 Å². The van der Waals surface area contributed by atoms with Gasteiger partial charge < -0.3 is 4.57 Å². The largest absolute Gasteiger partial charge is 0.309 e. The molecule has 1 aromatic heterocycles. The number of benzene rings is 6. The number of hydrogen-bond donors (Lipinski definition) is 0. The lowest BCUT2D eigenvalue weighted by Gasteiger charge is -2.59. The van der Waals surface area contributed by atoms with E-state index in [0.29, 0.717) is 5.41 Å². The first-order chi connectivity index (χ1) is 27.5. The fourth-order valence-electron chi connectivity index (χ4n) is 14.7. The maximum Gasteiger partial charge on any atom is 0.193 e. The number of para-hydroxylation sites is 1. The monoisotopic (exact) mass is 739 g/mol. The van der Waals surface area contributed by atoms with E-state index in [4.69, 9.17) is 0 Å². The number of aryl methyl sites for hydroxylation is 1. The van der Waals surface area contributed by atoms with Gasteiger partial charge in [-0.2, -0.15) is 0 Å². The molecular formula is C55H49NO. The number of hydrogen-bond acceptors (Lipinski definition) is 1. The third-order valence-electron chi connectivity index (χ3n) is 16.9. The molecule has 0 spiro atoms. The summed E-state index contributed by atoms with van der Waals surface area (Å²) in [7, 11) is 0. The highest BCUT2D eigenvalue weighted by molar-refractivity contribution is 6.15. The Morgan fingerprint density at radius 2 is 1.32 bits per heavy atom. The number of carbonyl (C=O) groups is 1. The molecule has 2 heteroatoms. The summed E-state index contributed by atoms with van der Waals surface area (Å²) >= 11 is 0. The van der Waals surface area contributed by atoms with Gasteiger partial charge in [0.25, 0.3) is 0 Å². The van der Waals surface area contributed by atoms with E-state index < -0.39 is 0 Å². The van der Waals surface area contributed by atoms with Crippen LogP contribution < -0.4 is 0 Å². The number of fused-ring (bicyclic) bond motifs is 10. The second kappa shape index (κ2) is 10.6. The first kappa shape index (κ1) is 32.8. The van der Waals surface area contributed by atoms with Crippen molar-refractivity contribution in [3.05, 3.63) is 160 Å². The summed E-state index contributed by atoms with van der Waals surface area (Å²) in [5, 5.41) is 2.61. The van der Waals surface area contributed by atoms with Crippen molar-refractivity contribution in [1.82, 2.24) is 4.57 Å². The lowest BCUT2D eigenvalue weighted by atomic mass is 9.45. The molecule has 280 valence electrons. The minimum absolute atomic E-state index is 0.131. The van der Waals surface area contributed by atoms with Crippen LogP contribution in [0.2, 0.25) is 0 Å². The van der Waals surface area contributed by atoms with Crippen molar-refractivity contribution in [3.8, 4) is 27.9 Å². The summed E-state index contributed by atoms with van der Waals surface area (Å²) in [5.41, 5.74) is 18.5. The summed E-state index contributed by atoms with van der Waals surface area (Å²) in [6.07, 6.45) is 7.17. The maximum atomic E-state index is 14.3. The fourth-order valence-corrected chi connectivity index (χ4v) is 14.7. The zero-order valence-corrected chi connectivity index (χ0v) is 33.7. The van der Waals surface area contributed by atoms with Gasteiger partial charge in [0, 0.05) is 38.4 Å². The van der Waals surface area contributed by atoms with E-state index in [2.05, 4.69) is 154 Å². The van der Waals surface area contributed by atoms with Crippen LogP contribution in [-0.4, -0.2) is 10.4 Å². The molecule has 4 fully saturated rings. The number of aromatic nitrogens is 1. The molecule has 4 saturated carbocycles. The Bertz CT molecular complexity index is 2950. The summed E-state index contributed by atoms with van der Waals surface area (Å²) < 4.78 is 2.53. The van der Waals surface area contributed by atoms with Crippen LogP contribution in [0.3, 0.4) is 0 Å². The zero-order chi connectivity index (χ0) is 38.3. The minimum Gasteiger partial charge on any atom is -0.309 e. The minimum atomic E-state index is -0.276. The summed E-state index contributed by atoms with van der Waals surface area (Å²) in [4.78, 5) is 14.3. The average Bonchev–Trinajstić information content (AvgIpc) is 3.90. The van der Waals surface area contributed by atoms with Crippen LogP contribution in [0, 0.1) is 36.5 Å². The number of carbonyl (C=O) groups excluding carboxylic acids is 1. The number of ketones is 1. The van der Waals surface area contributed by atoms with Crippen molar-refractivity contribution in [2.24, 2.45) is 29.6 Å². The summed E-state index contributed by atoms with van der Waals surface area (Å²) in [6, 6.07) is 43.3. The van der Waals surface area contributed by atoms with Crippen LogP contribution >= 0.6 is 0 Å². The van der Waals surface area contributed by atoms with E-state index >= 15 is 0 Å². The molecule has 6 aliphatic carbocycles.